The van der Waals surface area contributed by atoms with Crippen LogP contribution >= 0.6 is 0 Å². The van der Waals surface area contributed by atoms with E-state index in [4.69, 9.17) is 4.98 Å². The molecule has 1 N–H and O–H groups in total. The first-order valence-electron chi connectivity index (χ1n) is 12.3. The molecule has 35 heavy (non-hydrogen) atoms. The summed E-state index contributed by atoms with van der Waals surface area (Å²) >= 11 is 0. The minimum absolute atomic E-state index is 0.0365. The van der Waals surface area contributed by atoms with Crippen molar-refractivity contribution in [3.05, 3.63) is 89.4 Å². The first kappa shape index (κ1) is 21.6. The van der Waals surface area contributed by atoms with Gasteiger partial charge >= 0.3 is 6.03 Å². The number of piperazine rings is 1. The van der Waals surface area contributed by atoms with Gasteiger partial charge in [-0.25, -0.2) is 9.78 Å². The number of carbonyl (C=O) groups excluding carboxylic acids is 1. The molecule has 3 heterocycles. The van der Waals surface area contributed by atoms with Gasteiger partial charge in [-0.1, -0.05) is 60.7 Å². The van der Waals surface area contributed by atoms with E-state index >= 15 is 0 Å². The normalized spacial score (nSPS) is 19.7. The van der Waals surface area contributed by atoms with E-state index in [9.17, 15) is 4.79 Å². The molecule has 2 fully saturated rings. The number of hydrogen-bond donors (Lipinski definition) is 1. The largest absolute Gasteiger partial charge is 0.353 e. The third kappa shape index (κ3) is 4.32. The molecule has 2 amide bonds. The zero-order valence-electron chi connectivity index (χ0n) is 19.8. The summed E-state index contributed by atoms with van der Waals surface area (Å²) < 4.78 is 1.84. The zero-order chi connectivity index (χ0) is 23.8. The Balaban J connectivity index is 1.16. The molecule has 178 valence electrons. The number of benzene rings is 2. The van der Waals surface area contributed by atoms with Gasteiger partial charge in [-0.05, 0) is 24.5 Å². The van der Waals surface area contributed by atoms with Crippen LogP contribution in [0.4, 0.5) is 10.6 Å². The van der Waals surface area contributed by atoms with Gasteiger partial charge in [-0.2, -0.15) is 14.6 Å². The average molecular weight is 468 g/mol. The van der Waals surface area contributed by atoms with Crippen LogP contribution in [0.15, 0.2) is 67.0 Å². The van der Waals surface area contributed by atoms with E-state index in [1.54, 1.807) is 6.33 Å². The summed E-state index contributed by atoms with van der Waals surface area (Å²) in [7, 11) is 0. The van der Waals surface area contributed by atoms with Gasteiger partial charge in [0.05, 0.1) is 0 Å². The van der Waals surface area contributed by atoms with Gasteiger partial charge in [0.25, 0.3) is 5.78 Å². The highest BCUT2D eigenvalue weighted by Gasteiger charge is 2.40. The number of amides is 2. The number of anilines is 1. The molecule has 1 aliphatic carbocycles. The zero-order valence-corrected chi connectivity index (χ0v) is 19.8. The molecule has 6 rings (SSSR count). The molecule has 1 saturated heterocycles. The van der Waals surface area contributed by atoms with Gasteiger partial charge in [0, 0.05) is 55.8 Å². The second-order valence-corrected chi connectivity index (χ2v) is 9.42. The van der Waals surface area contributed by atoms with Crippen LogP contribution in [0, 0.1) is 6.92 Å². The first-order valence-corrected chi connectivity index (χ1v) is 12.3. The molecule has 8 nitrogen and oxygen atoms in total. The number of aromatic nitrogens is 4. The average Bonchev–Trinajstić information content (AvgIpc) is 3.51. The molecule has 1 saturated carbocycles. The molecule has 1 aliphatic heterocycles. The highest BCUT2D eigenvalue weighted by Crippen LogP contribution is 2.40. The van der Waals surface area contributed by atoms with E-state index < -0.39 is 0 Å². The van der Waals surface area contributed by atoms with Crippen molar-refractivity contribution in [2.45, 2.75) is 31.7 Å². The molecule has 8 heteroatoms. The fourth-order valence-corrected chi connectivity index (χ4v) is 5.09. The summed E-state index contributed by atoms with van der Waals surface area (Å²) in [5.41, 5.74) is 4.65. The topological polar surface area (TPSA) is 78.7 Å². The lowest BCUT2D eigenvalue weighted by molar-refractivity contribution is 0.193. The second-order valence-electron chi connectivity index (χ2n) is 9.42. The molecule has 2 aromatic heterocycles. The number of urea groups is 1. The molecular formula is C27H29N7O. The summed E-state index contributed by atoms with van der Waals surface area (Å²) in [5.74, 6) is 2.07. The number of aryl methyl sites for hydroxylation is 1. The Morgan fingerprint density at radius 1 is 1.00 bits per heavy atom. The predicted octanol–water partition coefficient (Wildman–Crippen LogP) is 3.41. The summed E-state index contributed by atoms with van der Waals surface area (Å²) in [6.45, 7) is 4.84. The standard InChI is InChI=1S/C27H29N7O/c1-19-22(16-20-8-4-2-5-9-20)25(34-26(30-19)28-18-29-34)32-12-14-33(15-13-32)27(35)31-24-17-23(24)21-10-6-3-7-11-21/h2-11,18,23-24H,12-17H2,1H3,(H,31,35)/t23-,24?/m0/s1. The van der Waals surface area contributed by atoms with Crippen molar-refractivity contribution < 1.29 is 4.79 Å². The van der Waals surface area contributed by atoms with Gasteiger partial charge in [-0.15, -0.1) is 0 Å². The van der Waals surface area contributed by atoms with E-state index in [0.717, 1.165) is 43.0 Å². The Kier molecular flexibility index (Phi) is 5.56. The van der Waals surface area contributed by atoms with Crippen molar-refractivity contribution in [1.82, 2.24) is 29.8 Å². The molecule has 2 aliphatic rings. The maximum Gasteiger partial charge on any atom is 0.317 e. The van der Waals surface area contributed by atoms with Crippen LogP contribution in [0.25, 0.3) is 5.78 Å². The van der Waals surface area contributed by atoms with Gasteiger partial charge in [-0.3, -0.25) is 0 Å². The number of nitrogens with one attached hydrogen (secondary N) is 1. The monoisotopic (exact) mass is 467 g/mol. The van der Waals surface area contributed by atoms with Gasteiger partial charge < -0.3 is 15.1 Å². The molecule has 0 bridgehead atoms. The van der Waals surface area contributed by atoms with Crippen molar-refractivity contribution in [2.75, 3.05) is 31.1 Å². The van der Waals surface area contributed by atoms with Gasteiger partial charge in [0.15, 0.2) is 0 Å². The lowest BCUT2D eigenvalue weighted by Gasteiger charge is -2.37. The van der Waals surface area contributed by atoms with E-state index in [1.165, 1.54) is 11.1 Å². The fourth-order valence-electron chi connectivity index (χ4n) is 5.09. The van der Waals surface area contributed by atoms with E-state index in [2.05, 4.69) is 68.8 Å². The van der Waals surface area contributed by atoms with Crippen LogP contribution < -0.4 is 10.2 Å². The van der Waals surface area contributed by atoms with Crippen molar-refractivity contribution in [3.8, 4) is 0 Å². The van der Waals surface area contributed by atoms with Crippen molar-refractivity contribution >= 4 is 17.6 Å². The molecule has 1 unspecified atom stereocenters. The maximum atomic E-state index is 13.0. The van der Waals surface area contributed by atoms with Crippen LogP contribution in [0.5, 0.6) is 0 Å². The second kappa shape index (κ2) is 9.02. The molecule has 0 spiro atoms. The maximum absolute atomic E-state index is 13.0. The Hall–Kier alpha value is -3.94. The van der Waals surface area contributed by atoms with E-state index in [0.29, 0.717) is 24.8 Å². The van der Waals surface area contributed by atoms with Crippen LogP contribution in [-0.2, 0) is 6.42 Å². The van der Waals surface area contributed by atoms with Crippen LogP contribution in [0.2, 0.25) is 0 Å². The number of nitrogens with zero attached hydrogens (tertiary/aromatic N) is 6. The first-order chi connectivity index (χ1) is 17.2. The summed E-state index contributed by atoms with van der Waals surface area (Å²) in [5, 5.41) is 7.72. The Bertz CT molecular complexity index is 1330. The van der Waals surface area contributed by atoms with Crippen molar-refractivity contribution in [3.63, 3.8) is 0 Å². The molecule has 4 aromatic rings. The van der Waals surface area contributed by atoms with Crippen molar-refractivity contribution in [2.24, 2.45) is 0 Å². The third-order valence-corrected chi connectivity index (χ3v) is 7.12. The smallest absolute Gasteiger partial charge is 0.317 e. The third-order valence-electron chi connectivity index (χ3n) is 7.12. The summed E-state index contributed by atoms with van der Waals surface area (Å²) in [6.07, 6.45) is 3.34. The van der Waals surface area contributed by atoms with Gasteiger partial charge in [0.1, 0.15) is 12.1 Å². The predicted molar refractivity (Wildman–Crippen MR) is 135 cm³/mol. The van der Waals surface area contributed by atoms with Crippen LogP contribution in [0.3, 0.4) is 0 Å². The van der Waals surface area contributed by atoms with Crippen molar-refractivity contribution in [1.29, 1.82) is 0 Å². The van der Waals surface area contributed by atoms with E-state index in [-0.39, 0.29) is 12.1 Å². The summed E-state index contributed by atoms with van der Waals surface area (Å²) in [4.78, 5) is 26.2. The molecular weight excluding hydrogens is 438 g/mol. The Morgan fingerprint density at radius 2 is 1.71 bits per heavy atom. The van der Waals surface area contributed by atoms with E-state index in [1.807, 2.05) is 28.5 Å². The number of fused-ring (bicyclic) bond motifs is 1. The highest BCUT2D eigenvalue weighted by molar-refractivity contribution is 5.75. The lowest BCUT2D eigenvalue weighted by Crippen LogP contribution is -2.53. The molecule has 2 atom stereocenters. The molecule has 0 radical (unpaired) electrons. The Morgan fingerprint density at radius 3 is 2.46 bits per heavy atom. The minimum atomic E-state index is 0.0365. The van der Waals surface area contributed by atoms with Crippen LogP contribution in [-0.4, -0.2) is 62.7 Å². The number of hydrogen-bond acceptors (Lipinski definition) is 5. The highest BCUT2D eigenvalue weighted by atomic mass is 16.2. The van der Waals surface area contributed by atoms with Crippen LogP contribution in [0.1, 0.15) is 34.7 Å². The van der Waals surface area contributed by atoms with Gasteiger partial charge in [0.2, 0.25) is 0 Å². The number of carbonyl (C=O) groups is 1. The summed E-state index contributed by atoms with van der Waals surface area (Å²) in [6, 6.07) is 21.1. The fraction of sp³-hybridized carbons (Fsp3) is 0.333. The number of rotatable bonds is 5. The minimum Gasteiger partial charge on any atom is -0.353 e. The molecule has 2 aromatic carbocycles. The Labute approximate surface area is 204 Å². The quantitative estimate of drug-likeness (QED) is 0.487. The SMILES string of the molecule is Cc1nc2ncnn2c(N2CCN(C(=O)NC3C[C@H]3c3ccccc3)CC2)c1Cc1ccccc1. The lowest BCUT2D eigenvalue weighted by atomic mass is 10.0.